The number of carbonyl (C=O) groups is 1. The predicted octanol–water partition coefficient (Wildman–Crippen LogP) is 2.94. The SMILES string of the molecule is CN1C(=O)COc2ccc(Nc3cc4c(cn3)ncn4CC3CC3)cc21. The van der Waals surface area contributed by atoms with Gasteiger partial charge in [0.2, 0.25) is 0 Å². The lowest BCUT2D eigenvalue weighted by Crippen LogP contribution is -2.35. The smallest absolute Gasteiger partial charge is 0.264 e. The number of aromatic nitrogens is 3. The number of benzene rings is 1. The zero-order valence-corrected chi connectivity index (χ0v) is 14.5. The maximum atomic E-state index is 11.8. The summed E-state index contributed by atoms with van der Waals surface area (Å²) in [6, 6.07) is 7.72. The predicted molar refractivity (Wildman–Crippen MR) is 98.9 cm³/mol. The van der Waals surface area contributed by atoms with E-state index in [1.807, 2.05) is 30.6 Å². The molecule has 0 spiro atoms. The Hall–Kier alpha value is -3.09. The molecule has 3 heterocycles. The van der Waals surface area contributed by atoms with Gasteiger partial charge in [-0.25, -0.2) is 9.97 Å². The van der Waals surface area contributed by atoms with E-state index in [2.05, 4.69) is 19.9 Å². The average molecular weight is 349 g/mol. The van der Waals surface area contributed by atoms with Gasteiger partial charge >= 0.3 is 0 Å². The fourth-order valence-corrected chi connectivity index (χ4v) is 3.25. The van der Waals surface area contributed by atoms with Crippen molar-refractivity contribution in [1.82, 2.24) is 14.5 Å². The standard InChI is InChI=1S/C19H19N5O2/c1-23-16-6-13(4-5-17(16)26-10-19(23)25)22-18-7-15-14(8-20-18)21-11-24(15)9-12-2-3-12/h4-8,11-12H,2-3,9-10H2,1H3,(H,20,22). The summed E-state index contributed by atoms with van der Waals surface area (Å²) in [5, 5.41) is 3.32. The van der Waals surface area contributed by atoms with E-state index in [0.29, 0.717) is 5.75 Å². The Labute approximate surface area is 150 Å². The van der Waals surface area contributed by atoms with Gasteiger partial charge in [-0.05, 0) is 37.0 Å². The summed E-state index contributed by atoms with van der Waals surface area (Å²) in [4.78, 5) is 22.3. The number of amides is 1. The second-order valence-corrected chi connectivity index (χ2v) is 6.95. The number of hydrogen-bond donors (Lipinski definition) is 1. The molecule has 1 N–H and O–H groups in total. The van der Waals surface area contributed by atoms with E-state index >= 15 is 0 Å². The maximum Gasteiger partial charge on any atom is 0.264 e. The van der Waals surface area contributed by atoms with E-state index < -0.39 is 0 Å². The van der Waals surface area contributed by atoms with Crippen molar-refractivity contribution < 1.29 is 9.53 Å². The highest BCUT2D eigenvalue weighted by molar-refractivity contribution is 5.98. The highest BCUT2D eigenvalue weighted by atomic mass is 16.5. The number of pyridine rings is 1. The van der Waals surface area contributed by atoms with Crippen molar-refractivity contribution in [3.8, 4) is 5.75 Å². The second-order valence-electron chi connectivity index (χ2n) is 6.95. The molecule has 0 atom stereocenters. The van der Waals surface area contributed by atoms with Crippen molar-refractivity contribution >= 4 is 34.1 Å². The van der Waals surface area contributed by atoms with E-state index in [1.165, 1.54) is 12.8 Å². The maximum absolute atomic E-state index is 11.8. The highest BCUT2D eigenvalue weighted by Gasteiger charge is 2.23. The lowest BCUT2D eigenvalue weighted by molar-refractivity contribution is -0.120. The Bertz CT molecular complexity index is 1010. The molecule has 1 fully saturated rings. The van der Waals surface area contributed by atoms with E-state index in [-0.39, 0.29) is 12.5 Å². The minimum absolute atomic E-state index is 0.0572. The first-order chi connectivity index (χ1) is 12.7. The summed E-state index contributed by atoms with van der Waals surface area (Å²) >= 11 is 0. The fourth-order valence-electron chi connectivity index (χ4n) is 3.25. The Morgan fingerprint density at radius 2 is 2.15 bits per heavy atom. The number of rotatable bonds is 4. The van der Waals surface area contributed by atoms with Crippen molar-refractivity contribution in [2.45, 2.75) is 19.4 Å². The van der Waals surface area contributed by atoms with Crippen LogP contribution >= 0.6 is 0 Å². The molecule has 0 unspecified atom stereocenters. The van der Waals surface area contributed by atoms with Crippen LogP contribution in [-0.4, -0.2) is 34.1 Å². The number of fused-ring (bicyclic) bond motifs is 2. The summed E-state index contributed by atoms with van der Waals surface area (Å²) in [5.74, 6) is 2.19. The highest BCUT2D eigenvalue weighted by Crippen LogP contribution is 2.35. The number of nitrogens with zero attached hydrogens (tertiary/aromatic N) is 4. The molecule has 1 aliphatic heterocycles. The van der Waals surface area contributed by atoms with Crippen LogP contribution in [0.3, 0.4) is 0 Å². The molecular formula is C19H19N5O2. The summed E-state index contributed by atoms with van der Waals surface area (Å²) < 4.78 is 7.67. The molecule has 7 heteroatoms. The van der Waals surface area contributed by atoms with Gasteiger partial charge < -0.3 is 19.5 Å². The molecule has 7 nitrogen and oxygen atoms in total. The molecule has 5 rings (SSSR count). The summed E-state index contributed by atoms with van der Waals surface area (Å²) in [6.45, 7) is 1.10. The minimum atomic E-state index is -0.0572. The third-order valence-electron chi connectivity index (χ3n) is 4.98. The van der Waals surface area contributed by atoms with Crippen molar-refractivity contribution in [1.29, 1.82) is 0 Å². The van der Waals surface area contributed by atoms with Crippen LogP contribution in [-0.2, 0) is 11.3 Å². The second kappa shape index (κ2) is 5.72. The molecule has 1 amide bonds. The van der Waals surface area contributed by atoms with Crippen LogP contribution in [0.15, 0.2) is 36.8 Å². The quantitative estimate of drug-likeness (QED) is 0.784. The van der Waals surface area contributed by atoms with Gasteiger partial charge in [-0.1, -0.05) is 0 Å². The molecule has 3 aromatic rings. The van der Waals surface area contributed by atoms with Gasteiger partial charge in [0.05, 0.1) is 23.7 Å². The van der Waals surface area contributed by atoms with Gasteiger partial charge in [-0.2, -0.15) is 0 Å². The van der Waals surface area contributed by atoms with Gasteiger partial charge in [-0.15, -0.1) is 0 Å². The zero-order valence-electron chi connectivity index (χ0n) is 14.5. The van der Waals surface area contributed by atoms with E-state index in [1.54, 1.807) is 18.1 Å². The van der Waals surface area contributed by atoms with Crippen LogP contribution < -0.4 is 15.0 Å². The summed E-state index contributed by atoms with van der Waals surface area (Å²) in [7, 11) is 1.76. The number of likely N-dealkylation sites (N-methyl/N-ethyl adjacent to an activating group) is 1. The Morgan fingerprint density at radius 1 is 1.27 bits per heavy atom. The molecule has 0 bridgehead atoms. The lowest BCUT2D eigenvalue weighted by Gasteiger charge is -2.26. The molecule has 26 heavy (non-hydrogen) atoms. The number of nitrogens with one attached hydrogen (secondary N) is 1. The fraction of sp³-hybridized carbons (Fsp3) is 0.316. The Balaban J connectivity index is 1.44. The van der Waals surface area contributed by atoms with Gasteiger partial charge in [0.1, 0.15) is 17.1 Å². The number of hydrogen-bond acceptors (Lipinski definition) is 5. The molecule has 2 aliphatic rings. The monoisotopic (exact) mass is 349 g/mol. The average Bonchev–Trinajstić information content (AvgIpc) is 3.38. The molecule has 1 aliphatic carbocycles. The van der Waals surface area contributed by atoms with Gasteiger partial charge in [0, 0.05) is 25.3 Å². The van der Waals surface area contributed by atoms with E-state index in [9.17, 15) is 4.79 Å². The van der Waals surface area contributed by atoms with Crippen molar-refractivity contribution in [3.05, 3.63) is 36.8 Å². The van der Waals surface area contributed by atoms with Crippen molar-refractivity contribution in [2.24, 2.45) is 5.92 Å². The first kappa shape index (κ1) is 15.2. The summed E-state index contributed by atoms with van der Waals surface area (Å²) in [6.07, 6.45) is 6.29. The molecule has 0 saturated heterocycles. The Kier molecular flexibility index (Phi) is 3.34. The first-order valence-electron chi connectivity index (χ1n) is 8.79. The Morgan fingerprint density at radius 3 is 3.00 bits per heavy atom. The molecule has 1 aromatic carbocycles. The number of anilines is 3. The topological polar surface area (TPSA) is 72.3 Å². The molecule has 2 aromatic heterocycles. The minimum Gasteiger partial charge on any atom is -0.482 e. The zero-order chi connectivity index (χ0) is 17.7. The van der Waals surface area contributed by atoms with Crippen LogP contribution in [0.2, 0.25) is 0 Å². The van der Waals surface area contributed by atoms with Crippen LogP contribution in [0.1, 0.15) is 12.8 Å². The normalized spacial score (nSPS) is 16.5. The molecule has 1 saturated carbocycles. The van der Waals surface area contributed by atoms with Gasteiger partial charge in [0.25, 0.3) is 5.91 Å². The summed E-state index contributed by atoms with van der Waals surface area (Å²) in [5.41, 5.74) is 3.60. The van der Waals surface area contributed by atoms with Gasteiger partial charge in [-0.3, -0.25) is 4.79 Å². The molecular weight excluding hydrogens is 330 g/mol. The largest absolute Gasteiger partial charge is 0.482 e. The number of carbonyl (C=O) groups excluding carboxylic acids is 1. The molecule has 132 valence electrons. The van der Waals surface area contributed by atoms with Crippen molar-refractivity contribution in [3.63, 3.8) is 0 Å². The lowest BCUT2D eigenvalue weighted by atomic mass is 10.2. The van der Waals surface area contributed by atoms with Gasteiger partial charge in [0.15, 0.2) is 6.61 Å². The number of imidazole rings is 1. The first-order valence-corrected chi connectivity index (χ1v) is 8.79. The van der Waals surface area contributed by atoms with Crippen LogP contribution in [0.4, 0.5) is 17.2 Å². The number of ether oxygens (including phenoxy) is 1. The van der Waals surface area contributed by atoms with Crippen LogP contribution in [0.25, 0.3) is 11.0 Å². The van der Waals surface area contributed by atoms with Crippen molar-refractivity contribution in [2.75, 3.05) is 23.9 Å². The third-order valence-corrected chi connectivity index (χ3v) is 4.98. The van der Waals surface area contributed by atoms with Crippen LogP contribution in [0.5, 0.6) is 5.75 Å². The molecule has 0 radical (unpaired) electrons. The van der Waals surface area contributed by atoms with Crippen LogP contribution in [0, 0.1) is 5.92 Å². The van der Waals surface area contributed by atoms with E-state index in [0.717, 1.165) is 40.7 Å². The third kappa shape index (κ3) is 2.65. The van der Waals surface area contributed by atoms with E-state index in [4.69, 9.17) is 4.74 Å².